The number of hydrogen-bond donors (Lipinski definition) is 2. The average Bonchev–Trinajstić information content (AvgIpc) is 2.78. The first-order valence-electron chi connectivity index (χ1n) is 6.50. The van der Waals surface area contributed by atoms with Gasteiger partial charge in [0, 0.05) is 19.4 Å². The third kappa shape index (κ3) is 2.13. The van der Waals surface area contributed by atoms with Crippen molar-refractivity contribution in [2.75, 3.05) is 13.1 Å². The van der Waals surface area contributed by atoms with Crippen LogP contribution in [0.1, 0.15) is 30.4 Å². The summed E-state index contributed by atoms with van der Waals surface area (Å²) in [6, 6.07) is 5.77. The fourth-order valence-corrected chi connectivity index (χ4v) is 2.66. The van der Waals surface area contributed by atoms with Gasteiger partial charge in [-0.2, -0.15) is 0 Å². The first-order chi connectivity index (χ1) is 8.74. The summed E-state index contributed by atoms with van der Waals surface area (Å²) < 4.78 is 5.44. The molecular formula is C14H18N2O2. The van der Waals surface area contributed by atoms with Crippen LogP contribution in [-0.4, -0.2) is 23.2 Å². The lowest BCUT2D eigenvalue weighted by molar-refractivity contribution is 0.0923. The molecule has 1 aromatic heterocycles. The maximum absolute atomic E-state index is 10.4. The van der Waals surface area contributed by atoms with Crippen molar-refractivity contribution < 1.29 is 9.52 Å². The van der Waals surface area contributed by atoms with Crippen molar-refractivity contribution in [3.63, 3.8) is 0 Å². The summed E-state index contributed by atoms with van der Waals surface area (Å²) in [6.07, 6.45) is 1.79. The van der Waals surface area contributed by atoms with E-state index in [-0.39, 0.29) is 0 Å². The highest BCUT2D eigenvalue weighted by Crippen LogP contribution is 2.29. The molecule has 4 heteroatoms. The van der Waals surface area contributed by atoms with Gasteiger partial charge < -0.3 is 14.8 Å². The van der Waals surface area contributed by atoms with Gasteiger partial charge in [-0.3, -0.25) is 0 Å². The molecule has 2 aromatic rings. The second kappa shape index (κ2) is 4.71. The van der Waals surface area contributed by atoms with Gasteiger partial charge >= 0.3 is 0 Å². The Balaban J connectivity index is 1.88. The maximum atomic E-state index is 10.4. The lowest BCUT2D eigenvalue weighted by Crippen LogP contribution is -2.33. The van der Waals surface area contributed by atoms with Crippen molar-refractivity contribution in [3.8, 4) is 0 Å². The highest BCUT2D eigenvalue weighted by Gasteiger charge is 2.23. The Hall–Kier alpha value is -1.39. The van der Waals surface area contributed by atoms with E-state index in [1.54, 1.807) is 0 Å². The van der Waals surface area contributed by atoms with Gasteiger partial charge in [-0.15, -0.1) is 0 Å². The van der Waals surface area contributed by atoms with Gasteiger partial charge in [0.15, 0.2) is 11.5 Å². The summed E-state index contributed by atoms with van der Waals surface area (Å²) in [5.41, 5.74) is 2.54. The molecule has 0 bridgehead atoms. The minimum absolute atomic E-state index is 0.296. The Morgan fingerprint density at radius 2 is 2.39 bits per heavy atom. The van der Waals surface area contributed by atoms with Crippen LogP contribution < -0.4 is 5.32 Å². The summed E-state index contributed by atoms with van der Waals surface area (Å²) in [6.45, 7) is 3.78. The van der Waals surface area contributed by atoms with Crippen LogP contribution in [0.3, 0.4) is 0 Å². The maximum Gasteiger partial charge on any atom is 0.192 e. The number of aryl methyl sites for hydroxylation is 1. The number of aliphatic hydroxyl groups excluding tert-OH is 1. The zero-order chi connectivity index (χ0) is 12.5. The Bertz CT molecular complexity index is 544. The molecule has 0 aliphatic carbocycles. The number of rotatable bonds is 2. The van der Waals surface area contributed by atoms with Crippen molar-refractivity contribution in [3.05, 3.63) is 29.7 Å². The summed E-state index contributed by atoms with van der Waals surface area (Å²) in [4.78, 5) is 4.31. The number of piperidine rings is 1. The van der Waals surface area contributed by atoms with Gasteiger partial charge in [-0.05, 0) is 37.1 Å². The Labute approximate surface area is 106 Å². The summed E-state index contributed by atoms with van der Waals surface area (Å²) in [7, 11) is 0. The molecule has 1 aliphatic rings. The predicted molar refractivity (Wildman–Crippen MR) is 69.3 cm³/mol. The third-order valence-electron chi connectivity index (χ3n) is 3.64. The number of nitrogens with zero attached hydrogens (tertiary/aromatic N) is 1. The van der Waals surface area contributed by atoms with Gasteiger partial charge in [0.1, 0.15) is 5.52 Å². The summed E-state index contributed by atoms with van der Waals surface area (Å²) in [5, 5.41) is 13.7. The molecule has 3 rings (SSSR count). The second-order valence-corrected chi connectivity index (χ2v) is 5.01. The summed E-state index contributed by atoms with van der Waals surface area (Å²) in [5.74, 6) is 0.958. The minimum Gasteiger partial charge on any atom is -0.441 e. The number of nitrogens with one attached hydrogen (secondary N) is 1. The van der Waals surface area contributed by atoms with E-state index in [2.05, 4.69) is 10.3 Å². The van der Waals surface area contributed by atoms with E-state index >= 15 is 0 Å². The molecule has 1 aliphatic heterocycles. The van der Waals surface area contributed by atoms with E-state index in [9.17, 15) is 5.11 Å². The predicted octanol–water partition coefficient (Wildman–Crippen LogP) is 2.17. The summed E-state index contributed by atoms with van der Waals surface area (Å²) >= 11 is 0. The largest absolute Gasteiger partial charge is 0.441 e. The second-order valence-electron chi connectivity index (χ2n) is 5.01. The first-order valence-corrected chi connectivity index (χ1v) is 6.50. The standard InChI is InChI=1S/C14H18N2O2/c1-9-16-12-7-10(4-5-13(12)18-9)14(17)11-3-2-6-15-8-11/h4-5,7,11,14-15,17H,2-3,6,8H2,1H3. The highest BCUT2D eigenvalue weighted by molar-refractivity contribution is 5.73. The minimum atomic E-state index is -0.417. The Morgan fingerprint density at radius 3 is 3.17 bits per heavy atom. The van der Waals surface area contributed by atoms with Crippen LogP contribution in [0.4, 0.5) is 0 Å². The van der Waals surface area contributed by atoms with E-state index in [4.69, 9.17) is 4.42 Å². The quantitative estimate of drug-likeness (QED) is 0.852. The molecule has 0 radical (unpaired) electrons. The van der Waals surface area contributed by atoms with Gasteiger partial charge in [0.05, 0.1) is 6.10 Å². The van der Waals surface area contributed by atoms with E-state index in [1.807, 2.05) is 25.1 Å². The smallest absolute Gasteiger partial charge is 0.192 e. The van der Waals surface area contributed by atoms with Crippen LogP contribution in [0.15, 0.2) is 22.6 Å². The molecule has 1 aromatic carbocycles. The Morgan fingerprint density at radius 1 is 1.50 bits per heavy atom. The molecule has 1 fully saturated rings. The molecule has 1 saturated heterocycles. The average molecular weight is 246 g/mol. The van der Waals surface area contributed by atoms with Crippen molar-refractivity contribution in [1.29, 1.82) is 0 Å². The van der Waals surface area contributed by atoms with Gasteiger partial charge in [0.2, 0.25) is 0 Å². The van der Waals surface area contributed by atoms with Crippen LogP contribution >= 0.6 is 0 Å². The van der Waals surface area contributed by atoms with Gasteiger partial charge in [-0.25, -0.2) is 4.98 Å². The van der Waals surface area contributed by atoms with E-state index < -0.39 is 6.10 Å². The van der Waals surface area contributed by atoms with Crippen molar-refractivity contribution >= 4 is 11.1 Å². The molecule has 2 heterocycles. The Kier molecular flexibility index (Phi) is 3.06. The molecule has 2 atom stereocenters. The highest BCUT2D eigenvalue weighted by atomic mass is 16.3. The van der Waals surface area contributed by atoms with Crippen LogP contribution in [0.5, 0.6) is 0 Å². The van der Waals surface area contributed by atoms with Crippen molar-refractivity contribution in [2.45, 2.75) is 25.9 Å². The third-order valence-corrected chi connectivity index (χ3v) is 3.64. The zero-order valence-corrected chi connectivity index (χ0v) is 10.5. The molecule has 0 saturated carbocycles. The molecule has 4 nitrogen and oxygen atoms in total. The molecule has 2 unspecified atom stereocenters. The van der Waals surface area contributed by atoms with Crippen LogP contribution in [0, 0.1) is 12.8 Å². The molecule has 2 N–H and O–H groups in total. The molecule has 18 heavy (non-hydrogen) atoms. The first kappa shape index (κ1) is 11.7. The van der Waals surface area contributed by atoms with E-state index in [0.717, 1.165) is 42.6 Å². The molecule has 0 spiro atoms. The number of aliphatic hydroxyl groups is 1. The lowest BCUT2D eigenvalue weighted by atomic mass is 9.89. The van der Waals surface area contributed by atoms with Crippen LogP contribution in [0.2, 0.25) is 0 Å². The topological polar surface area (TPSA) is 58.3 Å². The zero-order valence-electron chi connectivity index (χ0n) is 10.5. The van der Waals surface area contributed by atoms with Crippen LogP contribution in [0.25, 0.3) is 11.1 Å². The lowest BCUT2D eigenvalue weighted by Gasteiger charge is -2.27. The van der Waals surface area contributed by atoms with Crippen LogP contribution in [-0.2, 0) is 0 Å². The molecule has 96 valence electrons. The number of benzene rings is 1. The molecule has 0 amide bonds. The fourth-order valence-electron chi connectivity index (χ4n) is 2.66. The normalized spacial score (nSPS) is 22.2. The van der Waals surface area contributed by atoms with E-state index in [0.29, 0.717) is 11.8 Å². The number of aromatic nitrogens is 1. The van der Waals surface area contributed by atoms with Crippen molar-refractivity contribution in [1.82, 2.24) is 10.3 Å². The number of fused-ring (bicyclic) bond motifs is 1. The van der Waals surface area contributed by atoms with Crippen molar-refractivity contribution in [2.24, 2.45) is 5.92 Å². The SMILES string of the molecule is Cc1nc2cc(C(O)C3CCCNC3)ccc2o1. The van der Waals surface area contributed by atoms with E-state index in [1.165, 1.54) is 0 Å². The number of hydrogen-bond acceptors (Lipinski definition) is 4. The van der Waals surface area contributed by atoms with Gasteiger partial charge in [0.25, 0.3) is 0 Å². The van der Waals surface area contributed by atoms with Gasteiger partial charge in [-0.1, -0.05) is 6.07 Å². The monoisotopic (exact) mass is 246 g/mol. The number of oxazole rings is 1. The molecular weight excluding hydrogens is 228 g/mol. The fraction of sp³-hybridized carbons (Fsp3) is 0.500.